The lowest BCUT2D eigenvalue weighted by Crippen LogP contribution is -2.36. The Morgan fingerprint density at radius 3 is 2.12 bits per heavy atom. The number of fused-ring (bicyclic) bond motifs is 2. The number of imide groups is 1. The molecule has 0 atom stereocenters. The van der Waals surface area contributed by atoms with E-state index < -0.39 is 0 Å². The zero-order valence-corrected chi connectivity index (χ0v) is 12.5. The third-order valence-corrected chi connectivity index (χ3v) is 4.04. The van der Waals surface area contributed by atoms with Gasteiger partial charge >= 0.3 is 0 Å². The van der Waals surface area contributed by atoms with E-state index in [1.165, 1.54) is 4.68 Å². The van der Waals surface area contributed by atoms with Gasteiger partial charge in [-0.3, -0.25) is 19.3 Å². The molecule has 1 aliphatic rings. The maximum absolute atomic E-state index is 12.4. The van der Waals surface area contributed by atoms with Gasteiger partial charge in [-0.1, -0.05) is 29.5 Å². The van der Waals surface area contributed by atoms with Crippen LogP contribution in [0.3, 0.4) is 0 Å². The molecule has 0 N–H and O–H groups in total. The standard InChI is InChI=1S/C17H12N4O3/c22-15-11-5-1-2-6-12(11)16(23)20(15)9-10-21-17(24)13-7-3-4-8-14(13)18-19-21/h1-8H,9-10H2. The van der Waals surface area contributed by atoms with E-state index in [4.69, 9.17) is 0 Å². The molecule has 0 aliphatic carbocycles. The van der Waals surface area contributed by atoms with Gasteiger partial charge in [0.2, 0.25) is 0 Å². The summed E-state index contributed by atoms with van der Waals surface area (Å²) in [6.45, 7) is 0.168. The number of carbonyl (C=O) groups excluding carboxylic acids is 2. The molecule has 2 heterocycles. The van der Waals surface area contributed by atoms with Gasteiger partial charge in [-0.25, -0.2) is 4.68 Å². The molecule has 1 aliphatic heterocycles. The highest BCUT2D eigenvalue weighted by Crippen LogP contribution is 2.22. The Kier molecular flexibility index (Phi) is 3.19. The fourth-order valence-corrected chi connectivity index (χ4v) is 2.81. The Hall–Kier alpha value is -3.35. The molecule has 7 nitrogen and oxygen atoms in total. The van der Waals surface area contributed by atoms with Crippen molar-refractivity contribution in [3.8, 4) is 0 Å². The monoisotopic (exact) mass is 320 g/mol. The summed E-state index contributed by atoms with van der Waals surface area (Å²) in [6, 6.07) is 13.6. The van der Waals surface area contributed by atoms with Crippen LogP contribution in [-0.2, 0) is 6.54 Å². The molecule has 7 heteroatoms. The van der Waals surface area contributed by atoms with E-state index >= 15 is 0 Å². The molecule has 0 spiro atoms. The zero-order valence-electron chi connectivity index (χ0n) is 12.5. The predicted molar refractivity (Wildman–Crippen MR) is 85.6 cm³/mol. The van der Waals surface area contributed by atoms with E-state index in [2.05, 4.69) is 10.3 Å². The number of rotatable bonds is 3. The van der Waals surface area contributed by atoms with Crippen molar-refractivity contribution in [3.63, 3.8) is 0 Å². The minimum atomic E-state index is -0.350. The molecule has 0 unspecified atom stereocenters. The fraction of sp³-hybridized carbons (Fsp3) is 0.118. The largest absolute Gasteiger partial charge is 0.277 e. The quantitative estimate of drug-likeness (QED) is 0.674. The fourth-order valence-electron chi connectivity index (χ4n) is 2.81. The van der Waals surface area contributed by atoms with Crippen molar-refractivity contribution < 1.29 is 9.59 Å². The highest BCUT2D eigenvalue weighted by molar-refractivity contribution is 6.21. The SMILES string of the molecule is O=C1c2ccccc2C(=O)N1CCn1nnc2ccccc2c1=O. The van der Waals surface area contributed by atoms with Gasteiger partial charge in [0, 0.05) is 6.54 Å². The van der Waals surface area contributed by atoms with E-state index in [0.29, 0.717) is 22.0 Å². The Balaban J connectivity index is 1.61. The second-order valence-electron chi connectivity index (χ2n) is 5.44. The molecular formula is C17H12N4O3. The van der Waals surface area contributed by atoms with Gasteiger partial charge in [-0.05, 0) is 24.3 Å². The third kappa shape index (κ3) is 2.10. The topological polar surface area (TPSA) is 85.2 Å². The van der Waals surface area contributed by atoms with E-state index in [1.807, 2.05) is 0 Å². The summed E-state index contributed by atoms with van der Waals surface area (Å²) in [6.07, 6.45) is 0. The second kappa shape index (κ2) is 5.38. The van der Waals surface area contributed by atoms with Crippen LogP contribution in [0.2, 0.25) is 0 Å². The van der Waals surface area contributed by atoms with Crippen molar-refractivity contribution in [2.75, 3.05) is 6.54 Å². The molecule has 2 amide bonds. The summed E-state index contributed by atoms with van der Waals surface area (Å²) in [5.74, 6) is -0.699. The van der Waals surface area contributed by atoms with Crippen LogP contribution in [0.1, 0.15) is 20.7 Å². The van der Waals surface area contributed by atoms with Crippen molar-refractivity contribution in [1.82, 2.24) is 19.9 Å². The van der Waals surface area contributed by atoms with Crippen LogP contribution in [0.25, 0.3) is 10.9 Å². The smallest absolute Gasteiger partial charge is 0.272 e. The van der Waals surface area contributed by atoms with Gasteiger partial charge in [0.05, 0.1) is 23.1 Å². The van der Waals surface area contributed by atoms with Crippen molar-refractivity contribution in [1.29, 1.82) is 0 Å². The van der Waals surface area contributed by atoms with E-state index in [-0.39, 0.29) is 30.5 Å². The Labute approximate surface area is 136 Å². The van der Waals surface area contributed by atoms with Crippen molar-refractivity contribution in [3.05, 3.63) is 70.0 Å². The number of hydrogen-bond acceptors (Lipinski definition) is 5. The molecule has 3 aromatic rings. The molecule has 24 heavy (non-hydrogen) atoms. The highest BCUT2D eigenvalue weighted by Gasteiger charge is 2.34. The van der Waals surface area contributed by atoms with Crippen LogP contribution >= 0.6 is 0 Å². The number of hydrogen-bond donors (Lipinski definition) is 0. The second-order valence-corrected chi connectivity index (χ2v) is 5.44. The van der Waals surface area contributed by atoms with Gasteiger partial charge in [-0.15, -0.1) is 5.10 Å². The minimum absolute atomic E-state index is 0.0687. The number of benzene rings is 2. The average Bonchev–Trinajstić information content (AvgIpc) is 2.86. The van der Waals surface area contributed by atoms with E-state index in [9.17, 15) is 14.4 Å². The summed E-state index contributed by atoms with van der Waals surface area (Å²) >= 11 is 0. The molecule has 0 saturated carbocycles. The van der Waals surface area contributed by atoms with Crippen LogP contribution in [0.5, 0.6) is 0 Å². The number of nitrogens with zero attached hydrogens (tertiary/aromatic N) is 4. The van der Waals surface area contributed by atoms with Gasteiger partial charge in [0.25, 0.3) is 17.4 Å². The maximum atomic E-state index is 12.4. The normalized spacial score (nSPS) is 13.6. The lowest BCUT2D eigenvalue weighted by Gasteiger charge is -2.13. The third-order valence-electron chi connectivity index (χ3n) is 4.04. The molecule has 0 saturated heterocycles. The first-order chi connectivity index (χ1) is 11.7. The van der Waals surface area contributed by atoms with Crippen molar-refractivity contribution in [2.24, 2.45) is 0 Å². The van der Waals surface area contributed by atoms with E-state index in [1.54, 1.807) is 48.5 Å². The summed E-state index contributed by atoms with van der Waals surface area (Å²) in [5.41, 5.74) is 0.996. The Morgan fingerprint density at radius 2 is 1.42 bits per heavy atom. The molecule has 118 valence electrons. The number of amides is 2. The van der Waals surface area contributed by atoms with Gasteiger partial charge in [0.15, 0.2) is 0 Å². The van der Waals surface area contributed by atoms with Gasteiger partial charge < -0.3 is 0 Å². The van der Waals surface area contributed by atoms with Gasteiger partial charge in [0.1, 0.15) is 5.52 Å². The maximum Gasteiger partial charge on any atom is 0.277 e. The lowest BCUT2D eigenvalue weighted by molar-refractivity contribution is 0.0646. The van der Waals surface area contributed by atoms with Crippen LogP contribution in [0.4, 0.5) is 0 Å². The van der Waals surface area contributed by atoms with Crippen LogP contribution < -0.4 is 5.56 Å². The van der Waals surface area contributed by atoms with Crippen LogP contribution in [0, 0.1) is 0 Å². The van der Waals surface area contributed by atoms with Gasteiger partial charge in [-0.2, -0.15) is 0 Å². The first-order valence-corrected chi connectivity index (χ1v) is 7.44. The van der Waals surface area contributed by atoms with Crippen molar-refractivity contribution in [2.45, 2.75) is 6.54 Å². The van der Waals surface area contributed by atoms with Crippen molar-refractivity contribution >= 4 is 22.7 Å². The molecule has 1 aromatic heterocycles. The summed E-state index contributed by atoms with van der Waals surface area (Å²) < 4.78 is 1.17. The molecule has 0 bridgehead atoms. The lowest BCUT2D eigenvalue weighted by atomic mass is 10.1. The Morgan fingerprint density at radius 1 is 0.792 bits per heavy atom. The first-order valence-electron chi connectivity index (χ1n) is 7.44. The molecule has 0 fully saturated rings. The zero-order chi connectivity index (χ0) is 16.7. The highest BCUT2D eigenvalue weighted by atomic mass is 16.2. The summed E-state index contributed by atoms with van der Waals surface area (Å²) in [4.78, 5) is 38.1. The summed E-state index contributed by atoms with van der Waals surface area (Å²) in [5, 5.41) is 8.31. The predicted octanol–water partition coefficient (Wildman–Crippen LogP) is 1.09. The molecular weight excluding hydrogens is 308 g/mol. The van der Waals surface area contributed by atoms with E-state index in [0.717, 1.165) is 4.90 Å². The molecule has 0 radical (unpaired) electrons. The molecule has 2 aromatic carbocycles. The average molecular weight is 320 g/mol. The first kappa shape index (κ1) is 14.3. The number of carbonyl (C=O) groups is 2. The minimum Gasteiger partial charge on any atom is -0.272 e. The molecule has 4 rings (SSSR count). The number of aromatic nitrogens is 3. The Bertz CT molecular complexity index is 1010. The summed E-state index contributed by atoms with van der Waals surface area (Å²) in [7, 11) is 0. The van der Waals surface area contributed by atoms with Crippen LogP contribution in [-0.4, -0.2) is 38.3 Å². The van der Waals surface area contributed by atoms with Crippen LogP contribution in [0.15, 0.2) is 53.3 Å².